The third-order valence-electron chi connectivity index (χ3n) is 6.37. The maximum absolute atomic E-state index is 12.4. The molecule has 4 N–H and O–H groups in total. The summed E-state index contributed by atoms with van der Waals surface area (Å²) in [5, 5.41) is 21.1. The summed E-state index contributed by atoms with van der Waals surface area (Å²) < 4.78 is 11.7. The minimum Gasteiger partial charge on any atom is -0.534 e. The number of thioether (sulfide) groups is 2. The number of rotatable bonds is 6. The number of amides is 1. The first-order valence-electron chi connectivity index (χ1n) is 11.4. The van der Waals surface area contributed by atoms with Gasteiger partial charge >= 0.3 is 13.1 Å². The molecule has 1 unspecified atom stereocenters. The molecule has 0 spiro atoms. The van der Waals surface area contributed by atoms with E-state index in [0.29, 0.717) is 38.2 Å². The number of benzene rings is 1. The number of carboxylic acids is 1. The van der Waals surface area contributed by atoms with Gasteiger partial charge in [-0.3, -0.25) is 9.79 Å². The van der Waals surface area contributed by atoms with Gasteiger partial charge < -0.3 is 35.1 Å². The van der Waals surface area contributed by atoms with Gasteiger partial charge in [-0.05, 0) is 24.5 Å². The lowest BCUT2D eigenvalue weighted by Gasteiger charge is -2.40. The number of carboxylic acid groups (broad SMARTS) is 1. The molecule has 0 bridgehead atoms. The molecule has 13 heteroatoms. The molecule has 0 aliphatic carbocycles. The Kier molecular flexibility index (Phi) is 6.87. The minimum atomic E-state index is -1.23. The summed E-state index contributed by atoms with van der Waals surface area (Å²) in [6.45, 7) is 3.35. The van der Waals surface area contributed by atoms with E-state index in [2.05, 4.69) is 9.89 Å². The Hall–Kier alpha value is -2.09. The monoisotopic (exact) mass is 506 g/mol. The number of amidine groups is 1. The van der Waals surface area contributed by atoms with Crippen LogP contribution in [0.1, 0.15) is 22.3 Å². The molecular weight excluding hydrogens is 479 g/mol. The van der Waals surface area contributed by atoms with Gasteiger partial charge in [0.15, 0.2) is 5.17 Å². The standard InChI is InChI=1S/C21H27BN4O6S2/c23-13-3-5-25(8-13)17(27)11-34-16-7-12-1-2-15(18(20(28)29)19(12)32-22(16)30)31-14-9-26(10-14)21-24-4-6-33-21/h1-2,13-14,16,30H,3-11,23H2,(H,28,29)/t13?,16-/m0/s1. The summed E-state index contributed by atoms with van der Waals surface area (Å²) in [4.78, 5) is 32.8. The highest BCUT2D eigenvalue weighted by Crippen LogP contribution is 2.39. The Morgan fingerprint density at radius 3 is 2.85 bits per heavy atom. The van der Waals surface area contributed by atoms with Crippen molar-refractivity contribution in [1.82, 2.24) is 9.80 Å². The summed E-state index contributed by atoms with van der Waals surface area (Å²) in [5.74, 6) is 0.390. The van der Waals surface area contributed by atoms with Gasteiger partial charge in [0.2, 0.25) is 5.91 Å². The molecular formula is C21H27BN4O6S2. The fraction of sp³-hybridized carbons (Fsp3) is 0.571. The highest BCUT2D eigenvalue weighted by atomic mass is 32.2. The van der Waals surface area contributed by atoms with Crippen LogP contribution >= 0.6 is 23.5 Å². The molecule has 34 heavy (non-hydrogen) atoms. The predicted octanol–water partition coefficient (Wildman–Crippen LogP) is 0.167. The van der Waals surface area contributed by atoms with Crippen molar-refractivity contribution in [3.05, 3.63) is 23.3 Å². The zero-order valence-corrected chi connectivity index (χ0v) is 20.2. The van der Waals surface area contributed by atoms with Crippen molar-refractivity contribution < 1.29 is 29.1 Å². The second kappa shape index (κ2) is 9.88. The van der Waals surface area contributed by atoms with Gasteiger partial charge in [-0.25, -0.2) is 4.79 Å². The van der Waals surface area contributed by atoms with Gasteiger partial charge in [-0.1, -0.05) is 17.8 Å². The Bertz CT molecular complexity index is 1010. The highest BCUT2D eigenvalue weighted by Gasteiger charge is 2.40. The summed E-state index contributed by atoms with van der Waals surface area (Å²) in [5.41, 5.74) is 6.48. The predicted molar refractivity (Wildman–Crippen MR) is 132 cm³/mol. The molecule has 1 aromatic carbocycles. The number of carbonyl (C=O) groups is 2. The zero-order valence-electron chi connectivity index (χ0n) is 18.6. The van der Waals surface area contributed by atoms with Crippen LogP contribution in [0.2, 0.25) is 0 Å². The van der Waals surface area contributed by atoms with Gasteiger partial charge in [0, 0.05) is 24.9 Å². The fourth-order valence-corrected chi connectivity index (χ4v) is 6.44. The van der Waals surface area contributed by atoms with Gasteiger partial charge in [-0.15, -0.1) is 11.8 Å². The third-order valence-corrected chi connectivity index (χ3v) is 8.65. The number of fused-ring (bicyclic) bond motifs is 1. The molecule has 4 aliphatic heterocycles. The smallest absolute Gasteiger partial charge is 0.534 e. The van der Waals surface area contributed by atoms with Crippen molar-refractivity contribution in [3.63, 3.8) is 0 Å². The van der Waals surface area contributed by atoms with Crippen molar-refractivity contribution in [2.45, 2.75) is 30.1 Å². The van der Waals surface area contributed by atoms with Crippen molar-refractivity contribution >= 4 is 47.7 Å². The van der Waals surface area contributed by atoms with Crippen LogP contribution in [-0.2, 0) is 11.2 Å². The van der Waals surface area contributed by atoms with E-state index in [9.17, 15) is 19.7 Å². The first kappa shape index (κ1) is 23.6. The van der Waals surface area contributed by atoms with Crippen molar-refractivity contribution in [1.29, 1.82) is 0 Å². The lowest BCUT2D eigenvalue weighted by molar-refractivity contribution is -0.127. The number of ether oxygens (including phenoxy) is 1. The normalized spacial score (nSPS) is 24.4. The number of hydrogen-bond acceptors (Lipinski definition) is 10. The molecule has 2 atom stereocenters. The molecule has 10 nitrogen and oxygen atoms in total. The van der Waals surface area contributed by atoms with Crippen molar-refractivity contribution in [2.75, 3.05) is 44.2 Å². The zero-order chi connectivity index (χ0) is 23.8. The van der Waals surface area contributed by atoms with Crippen molar-refractivity contribution in [3.8, 4) is 11.5 Å². The average molecular weight is 506 g/mol. The van der Waals surface area contributed by atoms with E-state index < -0.39 is 13.1 Å². The molecule has 5 rings (SSSR count). The van der Waals surface area contributed by atoms with Crippen LogP contribution in [0.25, 0.3) is 0 Å². The Morgan fingerprint density at radius 1 is 1.35 bits per heavy atom. The maximum atomic E-state index is 12.4. The molecule has 182 valence electrons. The van der Waals surface area contributed by atoms with E-state index in [1.54, 1.807) is 28.8 Å². The van der Waals surface area contributed by atoms with Crippen LogP contribution in [0.4, 0.5) is 0 Å². The Morgan fingerprint density at radius 2 is 2.18 bits per heavy atom. The number of nitrogens with zero attached hydrogens (tertiary/aromatic N) is 3. The van der Waals surface area contributed by atoms with E-state index >= 15 is 0 Å². The topological polar surface area (TPSA) is 138 Å². The summed E-state index contributed by atoms with van der Waals surface area (Å²) >= 11 is 3.04. The number of nitrogens with two attached hydrogens (primary N) is 1. The number of carbonyl (C=O) groups excluding carboxylic acids is 1. The van der Waals surface area contributed by atoms with Crippen LogP contribution in [0, 0.1) is 0 Å². The van der Waals surface area contributed by atoms with Gasteiger partial charge in [0.1, 0.15) is 23.2 Å². The minimum absolute atomic E-state index is 0.0116. The van der Waals surface area contributed by atoms with Crippen LogP contribution in [0.15, 0.2) is 17.1 Å². The SMILES string of the molecule is NC1CCN(C(=O)CS[C@H]2Cc3ccc(OC4CN(C5=NCCS5)C4)c(C(=O)O)c3OB2O)C1. The fourth-order valence-electron chi connectivity index (χ4n) is 4.51. The maximum Gasteiger partial charge on any atom is 0.536 e. The van der Waals surface area contributed by atoms with E-state index in [1.807, 2.05) is 0 Å². The second-order valence-electron chi connectivity index (χ2n) is 8.84. The van der Waals surface area contributed by atoms with Gasteiger partial charge in [0.25, 0.3) is 0 Å². The number of likely N-dealkylation sites (tertiary alicyclic amines) is 2. The van der Waals surface area contributed by atoms with E-state index in [4.69, 9.17) is 15.1 Å². The van der Waals surface area contributed by atoms with Crippen LogP contribution in [0.5, 0.6) is 11.5 Å². The van der Waals surface area contributed by atoms with E-state index in [0.717, 1.165) is 23.9 Å². The van der Waals surface area contributed by atoms with Gasteiger partial charge in [-0.2, -0.15) is 0 Å². The number of aromatic carboxylic acids is 1. The van der Waals surface area contributed by atoms with Crippen LogP contribution < -0.4 is 15.1 Å². The molecule has 1 aromatic rings. The molecule has 1 amide bonds. The molecule has 2 saturated heterocycles. The first-order valence-corrected chi connectivity index (χ1v) is 13.4. The second-order valence-corrected chi connectivity index (χ2v) is 11.1. The van der Waals surface area contributed by atoms with Crippen LogP contribution in [-0.4, -0.2) is 106 Å². The largest absolute Gasteiger partial charge is 0.536 e. The molecule has 4 aliphatic rings. The Balaban J connectivity index is 1.23. The Labute approximate surface area is 206 Å². The summed E-state index contributed by atoms with van der Waals surface area (Å²) in [6, 6.07) is 3.46. The average Bonchev–Trinajstić information content (AvgIpc) is 3.45. The lowest BCUT2D eigenvalue weighted by atomic mass is 9.77. The number of hydrogen-bond donors (Lipinski definition) is 3. The summed E-state index contributed by atoms with van der Waals surface area (Å²) in [7, 11) is -1.23. The quantitative estimate of drug-likeness (QED) is 0.458. The van der Waals surface area contributed by atoms with Gasteiger partial charge in [0.05, 0.1) is 30.5 Å². The third kappa shape index (κ3) is 4.84. The van der Waals surface area contributed by atoms with Crippen LogP contribution in [0.3, 0.4) is 0 Å². The first-order chi connectivity index (χ1) is 16.4. The molecule has 0 aromatic heterocycles. The molecule has 0 radical (unpaired) electrons. The van der Waals surface area contributed by atoms with E-state index in [-0.39, 0.29) is 46.0 Å². The molecule has 0 saturated carbocycles. The molecule has 4 heterocycles. The summed E-state index contributed by atoms with van der Waals surface area (Å²) in [6.07, 6.45) is 1.05. The number of aliphatic imine (C=N–C) groups is 1. The lowest BCUT2D eigenvalue weighted by Crippen LogP contribution is -2.55. The van der Waals surface area contributed by atoms with E-state index in [1.165, 1.54) is 11.8 Å². The van der Waals surface area contributed by atoms with Crippen molar-refractivity contribution in [2.24, 2.45) is 10.7 Å². The molecule has 2 fully saturated rings. The highest BCUT2D eigenvalue weighted by molar-refractivity contribution is 8.14.